The minimum atomic E-state index is -0.863. The van der Waals surface area contributed by atoms with Crippen molar-refractivity contribution in [2.24, 2.45) is 0 Å². The largest absolute Gasteiger partial charge is 0.496 e. The lowest BCUT2D eigenvalue weighted by molar-refractivity contribution is -0.138. The fraction of sp³-hybridized carbons (Fsp3) is 0.364. The van der Waals surface area contributed by atoms with Gasteiger partial charge in [-0.3, -0.25) is 4.79 Å². The minimum Gasteiger partial charge on any atom is -0.496 e. The van der Waals surface area contributed by atoms with Crippen LogP contribution in [0.2, 0.25) is 0 Å². The molecule has 5 nitrogen and oxygen atoms in total. The van der Waals surface area contributed by atoms with E-state index < -0.39 is 11.9 Å². The van der Waals surface area contributed by atoms with Crippen molar-refractivity contribution < 1.29 is 19.4 Å². The highest BCUT2D eigenvalue weighted by Gasteiger charge is 2.33. The molecule has 0 saturated heterocycles. The Labute approximate surface area is 93.0 Å². The van der Waals surface area contributed by atoms with Gasteiger partial charge in [-0.25, -0.2) is 0 Å². The van der Waals surface area contributed by atoms with E-state index in [0.29, 0.717) is 29.3 Å². The summed E-state index contributed by atoms with van der Waals surface area (Å²) in [7, 11) is 3.08. The standard InChI is InChI=1S/C11H13NO4/c1-15-7-3-4-8(16-2)10-9(7)6(5-12-10)11(13)14/h3-4,6,12H,5H2,1-2H3,(H,13,14). The molecule has 1 aliphatic rings. The number of rotatable bonds is 3. The van der Waals surface area contributed by atoms with Crippen LogP contribution in [0.3, 0.4) is 0 Å². The molecule has 0 amide bonds. The number of hydrogen-bond donors (Lipinski definition) is 2. The lowest BCUT2D eigenvalue weighted by atomic mass is 10.00. The lowest BCUT2D eigenvalue weighted by Gasteiger charge is -2.12. The van der Waals surface area contributed by atoms with Crippen LogP contribution in [0, 0.1) is 0 Å². The summed E-state index contributed by atoms with van der Waals surface area (Å²) in [6.45, 7) is 0.362. The Hall–Kier alpha value is -1.91. The molecule has 5 heteroatoms. The third-order valence-corrected chi connectivity index (χ3v) is 2.74. The number of nitrogens with one attached hydrogen (secondary N) is 1. The van der Waals surface area contributed by atoms with Crippen molar-refractivity contribution >= 4 is 11.7 Å². The Balaban J connectivity index is 2.57. The zero-order chi connectivity index (χ0) is 11.7. The summed E-state index contributed by atoms with van der Waals surface area (Å²) >= 11 is 0. The van der Waals surface area contributed by atoms with Gasteiger partial charge in [-0.1, -0.05) is 0 Å². The number of carboxylic acid groups (broad SMARTS) is 1. The Morgan fingerprint density at radius 1 is 1.38 bits per heavy atom. The summed E-state index contributed by atoms with van der Waals surface area (Å²) in [5, 5.41) is 12.1. The van der Waals surface area contributed by atoms with Gasteiger partial charge in [0.05, 0.1) is 19.9 Å². The molecule has 1 heterocycles. The molecule has 86 valence electrons. The van der Waals surface area contributed by atoms with Gasteiger partial charge in [0.15, 0.2) is 0 Å². The van der Waals surface area contributed by atoms with E-state index in [-0.39, 0.29) is 0 Å². The third kappa shape index (κ3) is 1.44. The Morgan fingerprint density at radius 2 is 2.00 bits per heavy atom. The smallest absolute Gasteiger partial charge is 0.313 e. The third-order valence-electron chi connectivity index (χ3n) is 2.74. The van der Waals surface area contributed by atoms with E-state index in [1.54, 1.807) is 19.2 Å². The number of carboxylic acids is 1. The molecule has 1 aromatic carbocycles. The van der Waals surface area contributed by atoms with E-state index in [0.717, 1.165) is 0 Å². The summed E-state index contributed by atoms with van der Waals surface area (Å²) in [6, 6.07) is 3.48. The summed E-state index contributed by atoms with van der Waals surface area (Å²) in [5.74, 6) is -0.231. The Bertz CT molecular complexity index is 430. The van der Waals surface area contributed by atoms with E-state index in [1.165, 1.54) is 7.11 Å². The molecule has 1 atom stereocenters. The van der Waals surface area contributed by atoms with E-state index >= 15 is 0 Å². The minimum absolute atomic E-state index is 0.362. The number of ether oxygens (including phenoxy) is 2. The number of benzene rings is 1. The van der Waals surface area contributed by atoms with Crippen LogP contribution in [0.5, 0.6) is 11.5 Å². The van der Waals surface area contributed by atoms with Crippen LogP contribution in [0.4, 0.5) is 5.69 Å². The van der Waals surface area contributed by atoms with E-state index in [9.17, 15) is 4.79 Å². The van der Waals surface area contributed by atoms with Crippen LogP contribution < -0.4 is 14.8 Å². The van der Waals surface area contributed by atoms with E-state index in [1.807, 2.05) is 0 Å². The van der Waals surface area contributed by atoms with Crippen molar-refractivity contribution in [2.45, 2.75) is 5.92 Å². The molecule has 0 spiro atoms. The molecule has 0 aromatic heterocycles. The molecule has 0 bridgehead atoms. The van der Waals surface area contributed by atoms with Gasteiger partial charge in [0.2, 0.25) is 0 Å². The van der Waals surface area contributed by atoms with Gasteiger partial charge in [-0.05, 0) is 12.1 Å². The average molecular weight is 223 g/mol. The van der Waals surface area contributed by atoms with Crippen LogP contribution >= 0.6 is 0 Å². The Kier molecular flexibility index (Phi) is 2.60. The molecule has 2 rings (SSSR count). The van der Waals surface area contributed by atoms with Gasteiger partial charge in [0.25, 0.3) is 0 Å². The second-order valence-corrected chi connectivity index (χ2v) is 3.53. The zero-order valence-corrected chi connectivity index (χ0v) is 9.11. The van der Waals surface area contributed by atoms with Crippen molar-refractivity contribution in [3.8, 4) is 11.5 Å². The van der Waals surface area contributed by atoms with Gasteiger partial charge in [0, 0.05) is 12.1 Å². The van der Waals surface area contributed by atoms with Gasteiger partial charge in [0.1, 0.15) is 17.4 Å². The topological polar surface area (TPSA) is 67.8 Å². The number of hydrogen-bond acceptors (Lipinski definition) is 4. The first-order valence-electron chi connectivity index (χ1n) is 4.90. The highest BCUT2D eigenvalue weighted by molar-refractivity contribution is 5.86. The second-order valence-electron chi connectivity index (χ2n) is 3.53. The molecule has 0 radical (unpaired) electrons. The van der Waals surface area contributed by atoms with Crippen LogP contribution in [-0.4, -0.2) is 31.8 Å². The number of fused-ring (bicyclic) bond motifs is 1. The van der Waals surface area contributed by atoms with Gasteiger partial charge >= 0.3 is 5.97 Å². The predicted octanol–water partition coefficient (Wildman–Crippen LogP) is 1.30. The fourth-order valence-electron chi connectivity index (χ4n) is 1.97. The highest BCUT2D eigenvalue weighted by Crippen LogP contribution is 2.44. The van der Waals surface area contributed by atoms with Crippen molar-refractivity contribution in [2.75, 3.05) is 26.1 Å². The van der Waals surface area contributed by atoms with Crippen molar-refractivity contribution in [1.29, 1.82) is 0 Å². The van der Waals surface area contributed by atoms with E-state index in [4.69, 9.17) is 14.6 Å². The van der Waals surface area contributed by atoms with Gasteiger partial charge < -0.3 is 19.9 Å². The monoisotopic (exact) mass is 223 g/mol. The first kappa shape index (κ1) is 10.6. The van der Waals surface area contributed by atoms with Gasteiger partial charge in [-0.2, -0.15) is 0 Å². The molecule has 2 N–H and O–H groups in total. The van der Waals surface area contributed by atoms with Crippen LogP contribution in [0.1, 0.15) is 11.5 Å². The van der Waals surface area contributed by atoms with Crippen LogP contribution in [0.15, 0.2) is 12.1 Å². The lowest BCUT2D eigenvalue weighted by Crippen LogP contribution is -2.13. The molecule has 1 aliphatic heterocycles. The van der Waals surface area contributed by atoms with Crippen molar-refractivity contribution in [1.82, 2.24) is 0 Å². The summed E-state index contributed by atoms with van der Waals surface area (Å²) in [4.78, 5) is 11.1. The quantitative estimate of drug-likeness (QED) is 0.808. The number of aliphatic carboxylic acids is 1. The summed E-state index contributed by atoms with van der Waals surface area (Å²) in [6.07, 6.45) is 0. The fourth-order valence-corrected chi connectivity index (χ4v) is 1.97. The van der Waals surface area contributed by atoms with Crippen LogP contribution in [0.25, 0.3) is 0 Å². The normalized spacial score (nSPS) is 17.5. The molecule has 0 aliphatic carbocycles. The van der Waals surface area contributed by atoms with Crippen LogP contribution in [-0.2, 0) is 4.79 Å². The van der Waals surface area contributed by atoms with E-state index in [2.05, 4.69) is 5.32 Å². The molecular weight excluding hydrogens is 210 g/mol. The first-order valence-corrected chi connectivity index (χ1v) is 4.90. The molecule has 16 heavy (non-hydrogen) atoms. The maximum Gasteiger partial charge on any atom is 0.313 e. The highest BCUT2D eigenvalue weighted by atomic mass is 16.5. The molecule has 1 unspecified atom stereocenters. The predicted molar refractivity (Wildman–Crippen MR) is 58.4 cm³/mol. The Morgan fingerprint density at radius 3 is 2.56 bits per heavy atom. The zero-order valence-electron chi connectivity index (χ0n) is 9.11. The number of carbonyl (C=O) groups is 1. The first-order chi connectivity index (χ1) is 7.69. The molecule has 0 saturated carbocycles. The average Bonchev–Trinajstić information content (AvgIpc) is 2.72. The number of anilines is 1. The maximum atomic E-state index is 11.1. The van der Waals surface area contributed by atoms with Gasteiger partial charge in [-0.15, -0.1) is 0 Å². The maximum absolute atomic E-state index is 11.1. The molecule has 0 fully saturated rings. The number of methoxy groups -OCH3 is 2. The second kappa shape index (κ2) is 3.92. The SMILES string of the molecule is COc1ccc(OC)c2c1NCC2C(=O)O. The van der Waals surface area contributed by atoms with Crippen molar-refractivity contribution in [3.63, 3.8) is 0 Å². The summed E-state index contributed by atoms with van der Waals surface area (Å²) < 4.78 is 10.4. The molecule has 1 aromatic rings. The van der Waals surface area contributed by atoms with Crippen molar-refractivity contribution in [3.05, 3.63) is 17.7 Å². The molecular formula is C11H13NO4. The summed E-state index contributed by atoms with van der Waals surface area (Å²) in [5.41, 5.74) is 1.38.